The second kappa shape index (κ2) is 6.02. The quantitative estimate of drug-likeness (QED) is 0.637. The second-order valence-corrected chi connectivity index (χ2v) is 5.89. The molecule has 0 heterocycles. The van der Waals surface area contributed by atoms with Gasteiger partial charge < -0.3 is 4.74 Å². The van der Waals surface area contributed by atoms with Gasteiger partial charge in [0.15, 0.2) is 0 Å². The zero-order chi connectivity index (χ0) is 13.8. The number of nitrogens with two attached hydrogens (primary N) is 1. The largest absolute Gasteiger partial charge is 0.493 e. The van der Waals surface area contributed by atoms with Gasteiger partial charge in [0, 0.05) is 0 Å². The summed E-state index contributed by atoms with van der Waals surface area (Å²) in [7, 11) is -3.67. The van der Waals surface area contributed by atoms with Gasteiger partial charge in [-0.25, -0.2) is 13.6 Å². The van der Waals surface area contributed by atoms with E-state index in [1.54, 1.807) is 18.2 Å². The van der Waals surface area contributed by atoms with E-state index in [2.05, 4.69) is 6.58 Å². The van der Waals surface area contributed by atoms with Crippen LogP contribution in [0.25, 0.3) is 0 Å². The lowest BCUT2D eigenvalue weighted by Gasteiger charge is -2.14. The molecule has 0 saturated heterocycles. The van der Waals surface area contributed by atoms with Crippen LogP contribution in [0.1, 0.15) is 31.7 Å². The van der Waals surface area contributed by atoms with E-state index in [1.807, 2.05) is 13.8 Å². The first-order valence-electron chi connectivity index (χ1n) is 5.76. The number of hydrogen-bond donors (Lipinski definition) is 1. The lowest BCUT2D eigenvalue weighted by Crippen LogP contribution is -2.13. The van der Waals surface area contributed by atoms with Gasteiger partial charge in [-0.1, -0.05) is 19.9 Å². The van der Waals surface area contributed by atoms with Gasteiger partial charge in [0.05, 0.1) is 11.5 Å². The van der Waals surface area contributed by atoms with Crippen LogP contribution in [-0.4, -0.2) is 15.0 Å². The van der Waals surface area contributed by atoms with Crippen LogP contribution in [-0.2, 0) is 10.0 Å². The first-order valence-corrected chi connectivity index (χ1v) is 7.31. The number of sulfonamides is 1. The van der Waals surface area contributed by atoms with Crippen molar-refractivity contribution in [3.05, 3.63) is 36.4 Å². The molecule has 0 atom stereocenters. The standard InChI is InChI=1S/C13H19NO3S/c1-4-5-8-17-13-7-6-11(18(14,15)16)9-12(13)10(2)3/h4,6-7,9-10H,1,5,8H2,2-3H3,(H2,14,15,16). The maximum absolute atomic E-state index is 11.3. The van der Waals surface area contributed by atoms with Crippen LogP contribution in [0.15, 0.2) is 35.7 Å². The predicted octanol–water partition coefficient (Wildman–Crippen LogP) is 2.41. The summed E-state index contributed by atoms with van der Waals surface area (Å²) in [5.41, 5.74) is 0.839. The summed E-state index contributed by atoms with van der Waals surface area (Å²) in [4.78, 5) is 0.113. The average molecular weight is 269 g/mol. The van der Waals surface area contributed by atoms with Crippen molar-refractivity contribution < 1.29 is 13.2 Å². The summed E-state index contributed by atoms with van der Waals surface area (Å²) in [6.07, 6.45) is 2.52. The van der Waals surface area contributed by atoms with Crippen LogP contribution in [0.3, 0.4) is 0 Å². The molecule has 0 unspecified atom stereocenters. The Kier molecular flexibility index (Phi) is 4.93. The van der Waals surface area contributed by atoms with Gasteiger partial charge in [0.25, 0.3) is 0 Å². The molecule has 0 amide bonds. The third-order valence-corrected chi connectivity index (χ3v) is 3.42. The van der Waals surface area contributed by atoms with Crippen molar-refractivity contribution in [3.63, 3.8) is 0 Å². The van der Waals surface area contributed by atoms with Crippen LogP contribution < -0.4 is 9.88 Å². The van der Waals surface area contributed by atoms with Crippen molar-refractivity contribution in [2.75, 3.05) is 6.61 Å². The third-order valence-electron chi connectivity index (χ3n) is 2.51. The molecule has 0 spiro atoms. The molecule has 5 heteroatoms. The summed E-state index contributed by atoms with van der Waals surface area (Å²) in [6, 6.07) is 4.69. The molecule has 0 fully saturated rings. The van der Waals surface area contributed by atoms with E-state index >= 15 is 0 Å². The zero-order valence-electron chi connectivity index (χ0n) is 10.7. The molecule has 100 valence electrons. The first kappa shape index (κ1) is 14.7. The Hall–Kier alpha value is -1.33. The summed E-state index contributed by atoms with van der Waals surface area (Å²) >= 11 is 0. The number of rotatable bonds is 6. The number of primary sulfonamides is 1. The lowest BCUT2D eigenvalue weighted by atomic mass is 10.0. The van der Waals surface area contributed by atoms with Crippen molar-refractivity contribution in [1.82, 2.24) is 0 Å². The molecule has 0 radical (unpaired) electrons. The van der Waals surface area contributed by atoms with E-state index in [0.717, 1.165) is 12.0 Å². The summed E-state index contributed by atoms with van der Waals surface area (Å²) in [6.45, 7) is 8.10. The SMILES string of the molecule is C=CCCOc1ccc(S(N)(=O)=O)cc1C(C)C. The van der Waals surface area contributed by atoms with E-state index in [9.17, 15) is 8.42 Å². The Morgan fingerprint density at radius 1 is 1.44 bits per heavy atom. The van der Waals surface area contributed by atoms with Crippen LogP contribution in [0.2, 0.25) is 0 Å². The fourth-order valence-corrected chi connectivity index (χ4v) is 2.09. The molecule has 0 aromatic heterocycles. The maximum atomic E-state index is 11.3. The van der Waals surface area contributed by atoms with E-state index in [0.29, 0.717) is 12.4 Å². The molecular formula is C13H19NO3S. The van der Waals surface area contributed by atoms with Gasteiger partial charge in [-0.3, -0.25) is 0 Å². The highest BCUT2D eigenvalue weighted by Gasteiger charge is 2.14. The molecule has 1 aromatic rings. The molecule has 4 nitrogen and oxygen atoms in total. The average Bonchev–Trinajstić information content (AvgIpc) is 2.28. The van der Waals surface area contributed by atoms with Gasteiger partial charge >= 0.3 is 0 Å². The fraction of sp³-hybridized carbons (Fsp3) is 0.385. The first-order chi connectivity index (χ1) is 8.36. The highest BCUT2D eigenvalue weighted by atomic mass is 32.2. The lowest BCUT2D eigenvalue weighted by molar-refractivity contribution is 0.320. The molecule has 0 saturated carbocycles. The Bertz CT molecular complexity index is 521. The molecule has 0 aliphatic rings. The van der Waals surface area contributed by atoms with E-state index in [1.165, 1.54) is 6.07 Å². The maximum Gasteiger partial charge on any atom is 0.238 e. The molecule has 0 aliphatic heterocycles. The minimum atomic E-state index is -3.67. The Morgan fingerprint density at radius 2 is 2.11 bits per heavy atom. The Labute approximate surface area is 109 Å². The van der Waals surface area contributed by atoms with Crippen molar-refractivity contribution in [1.29, 1.82) is 0 Å². The van der Waals surface area contributed by atoms with Gasteiger partial charge in [-0.2, -0.15) is 0 Å². The van der Waals surface area contributed by atoms with Crippen molar-refractivity contribution in [2.24, 2.45) is 5.14 Å². The van der Waals surface area contributed by atoms with Crippen molar-refractivity contribution in [3.8, 4) is 5.75 Å². The van der Waals surface area contributed by atoms with Gasteiger partial charge in [-0.05, 0) is 36.1 Å². The number of ether oxygens (including phenoxy) is 1. The highest BCUT2D eigenvalue weighted by molar-refractivity contribution is 7.89. The zero-order valence-corrected chi connectivity index (χ0v) is 11.5. The molecule has 18 heavy (non-hydrogen) atoms. The van der Waals surface area contributed by atoms with Crippen LogP contribution in [0.4, 0.5) is 0 Å². The molecule has 2 N–H and O–H groups in total. The van der Waals surface area contributed by atoms with Gasteiger partial charge in [-0.15, -0.1) is 6.58 Å². The fourth-order valence-electron chi connectivity index (χ4n) is 1.54. The topological polar surface area (TPSA) is 69.4 Å². The molecule has 1 rings (SSSR count). The van der Waals surface area contributed by atoms with E-state index < -0.39 is 10.0 Å². The molecule has 0 aliphatic carbocycles. The van der Waals surface area contributed by atoms with Crippen molar-refractivity contribution >= 4 is 10.0 Å². The number of hydrogen-bond acceptors (Lipinski definition) is 3. The third kappa shape index (κ3) is 3.85. The smallest absolute Gasteiger partial charge is 0.238 e. The predicted molar refractivity (Wildman–Crippen MR) is 72.2 cm³/mol. The van der Waals surface area contributed by atoms with E-state index in [4.69, 9.17) is 9.88 Å². The summed E-state index contributed by atoms with van der Waals surface area (Å²) in [5.74, 6) is 0.852. The normalized spacial score (nSPS) is 11.6. The van der Waals surface area contributed by atoms with Crippen molar-refractivity contribution in [2.45, 2.75) is 31.1 Å². The van der Waals surface area contributed by atoms with Crippen LogP contribution >= 0.6 is 0 Å². The summed E-state index contributed by atoms with van der Waals surface area (Å²) in [5, 5.41) is 5.12. The van der Waals surface area contributed by atoms with Gasteiger partial charge in [0.2, 0.25) is 10.0 Å². The van der Waals surface area contributed by atoms with E-state index in [-0.39, 0.29) is 10.8 Å². The summed E-state index contributed by atoms with van der Waals surface area (Å²) < 4.78 is 28.2. The molecule has 0 bridgehead atoms. The minimum Gasteiger partial charge on any atom is -0.493 e. The molecule has 1 aromatic carbocycles. The minimum absolute atomic E-state index is 0.113. The monoisotopic (exact) mass is 269 g/mol. The Morgan fingerprint density at radius 3 is 2.61 bits per heavy atom. The van der Waals surface area contributed by atoms with Crippen LogP contribution in [0.5, 0.6) is 5.75 Å². The number of benzene rings is 1. The van der Waals surface area contributed by atoms with Crippen LogP contribution in [0, 0.1) is 0 Å². The Balaban J connectivity index is 3.09. The highest BCUT2D eigenvalue weighted by Crippen LogP contribution is 2.28. The molecular weight excluding hydrogens is 250 g/mol. The van der Waals surface area contributed by atoms with Gasteiger partial charge in [0.1, 0.15) is 5.75 Å². The second-order valence-electron chi connectivity index (χ2n) is 4.33.